The minimum atomic E-state index is -0.194. The van der Waals surface area contributed by atoms with Crippen molar-refractivity contribution in [2.75, 3.05) is 6.61 Å². The van der Waals surface area contributed by atoms with E-state index in [1.165, 1.54) is 56.9 Å². The molecule has 0 atom stereocenters. The van der Waals surface area contributed by atoms with Gasteiger partial charge in [-0.05, 0) is 59.7 Å². The smallest absolute Gasteiger partial charge is 0.131 e. The molecule has 0 spiro atoms. The topological polar surface area (TPSA) is 9.23 Å². The summed E-state index contributed by atoms with van der Waals surface area (Å²) < 4.78 is 20.8. The van der Waals surface area contributed by atoms with Crippen LogP contribution in [-0.2, 0) is 6.42 Å². The van der Waals surface area contributed by atoms with Crippen molar-refractivity contribution in [2.45, 2.75) is 78.1 Å². The maximum atomic E-state index is 15.0. The van der Waals surface area contributed by atoms with E-state index < -0.39 is 0 Å². The highest BCUT2D eigenvalue weighted by atomic mass is 19.1. The molecule has 0 fully saturated rings. The van der Waals surface area contributed by atoms with Crippen molar-refractivity contribution in [2.24, 2.45) is 0 Å². The molecule has 0 aliphatic heterocycles. The lowest BCUT2D eigenvalue weighted by Gasteiger charge is -2.10. The summed E-state index contributed by atoms with van der Waals surface area (Å²) in [5.74, 6) is 0.656. The van der Waals surface area contributed by atoms with Crippen LogP contribution < -0.4 is 4.74 Å². The fraction of sp³-hybridized carbons (Fsp3) is 0.419. The highest BCUT2D eigenvalue weighted by Gasteiger charge is 2.08. The summed E-state index contributed by atoms with van der Waals surface area (Å²) in [6.45, 7) is 5.20. The van der Waals surface area contributed by atoms with Gasteiger partial charge >= 0.3 is 0 Å². The van der Waals surface area contributed by atoms with Gasteiger partial charge in [0.1, 0.15) is 11.6 Å². The zero-order chi connectivity index (χ0) is 23.3. The molecule has 2 heteroatoms. The number of hydrogen-bond acceptors (Lipinski definition) is 1. The number of unbranched alkanes of at least 4 members (excludes halogenated alkanes) is 7. The highest BCUT2D eigenvalue weighted by molar-refractivity contribution is 5.71. The average molecular weight is 447 g/mol. The Labute approximate surface area is 200 Å². The second kappa shape index (κ2) is 13.8. The van der Waals surface area contributed by atoms with E-state index in [1.807, 2.05) is 36.4 Å². The SMILES string of the molecule is CCCCCCCCOc1ccc(-c2ccc(-c3ccc(CCCCC)cc3)cc2F)cc1. The Balaban J connectivity index is 1.55. The van der Waals surface area contributed by atoms with E-state index in [0.717, 1.165) is 41.9 Å². The monoisotopic (exact) mass is 446 g/mol. The Bertz CT molecular complexity index is 944. The molecule has 3 aromatic carbocycles. The standard InChI is InChI=1S/C31H39FO/c1-3-5-7-8-9-11-23-33-29-20-17-27(18-21-29)30-22-19-28(24-31(30)32)26-15-13-25(14-16-26)12-10-6-4-2/h13-22,24H,3-12,23H2,1-2H3. The molecule has 33 heavy (non-hydrogen) atoms. The van der Waals surface area contributed by atoms with Crippen LogP contribution in [0.3, 0.4) is 0 Å². The van der Waals surface area contributed by atoms with E-state index in [0.29, 0.717) is 5.56 Å². The summed E-state index contributed by atoms with van der Waals surface area (Å²) in [6, 6.07) is 21.8. The van der Waals surface area contributed by atoms with Gasteiger partial charge in [0.15, 0.2) is 0 Å². The molecular weight excluding hydrogens is 407 g/mol. The summed E-state index contributed by atoms with van der Waals surface area (Å²) >= 11 is 0. The molecule has 0 heterocycles. The molecule has 0 N–H and O–H groups in total. The van der Waals surface area contributed by atoms with Crippen molar-refractivity contribution < 1.29 is 9.13 Å². The largest absolute Gasteiger partial charge is 0.494 e. The quantitative estimate of drug-likeness (QED) is 0.224. The number of halogens is 1. The molecule has 0 aromatic heterocycles. The van der Waals surface area contributed by atoms with Crippen LogP contribution in [0.5, 0.6) is 5.75 Å². The second-order valence-electron chi connectivity index (χ2n) is 8.99. The summed E-state index contributed by atoms with van der Waals surface area (Å²) in [4.78, 5) is 0. The minimum Gasteiger partial charge on any atom is -0.494 e. The molecule has 3 aromatic rings. The first-order valence-electron chi connectivity index (χ1n) is 12.8. The third-order valence-corrected chi connectivity index (χ3v) is 6.26. The van der Waals surface area contributed by atoms with Crippen molar-refractivity contribution in [1.82, 2.24) is 0 Å². The Morgan fingerprint density at radius 3 is 1.91 bits per heavy atom. The van der Waals surface area contributed by atoms with Crippen LogP contribution in [0.4, 0.5) is 4.39 Å². The molecule has 3 rings (SSSR count). The third-order valence-electron chi connectivity index (χ3n) is 6.26. The lowest BCUT2D eigenvalue weighted by Crippen LogP contribution is -1.97. The van der Waals surface area contributed by atoms with Crippen LogP contribution in [0.15, 0.2) is 66.7 Å². The van der Waals surface area contributed by atoms with E-state index >= 15 is 0 Å². The predicted molar refractivity (Wildman–Crippen MR) is 139 cm³/mol. The lowest BCUT2D eigenvalue weighted by molar-refractivity contribution is 0.304. The molecule has 0 saturated heterocycles. The van der Waals surface area contributed by atoms with E-state index in [4.69, 9.17) is 4.74 Å². The van der Waals surface area contributed by atoms with Crippen LogP contribution in [0.25, 0.3) is 22.3 Å². The van der Waals surface area contributed by atoms with Crippen LogP contribution in [0.2, 0.25) is 0 Å². The second-order valence-corrected chi connectivity index (χ2v) is 8.99. The van der Waals surface area contributed by atoms with Gasteiger partial charge in [0.05, 0.1) is 6.61 Å². The lowest BCUT2D eigenvalue weighted by atomic mass is 9.98. The van der Waals surface area contributed by atoms with Gasteiger partial charge in [0.2, 0.25) is 0 Å². The minimum absolute atomic E-state index is 0.194. The molecule has 0 saturated carbocycles. The molecule has 1 nitrogen and oxygen atoms in total. The van der Waals surface area contributed by atoms with E-state index in [9.17, 15) is 4.39 Å². The molecule has 0 aliphatic carbocycles. The molecule has 0 aliphatic rings. The third kappa shape index (κ3) is 8.03. The Morgan fingerprint density at radius 1 is 0.606 bits per heavy atom. The summed E-state index contributed by atoms with van der Waals surface area (Å²) in [6.07, 6.45) is 12.3. The number of hydrogen-bond donors (Lipinski definition) is 0. The zero-order valence-electron chi connectivity index (χ0n) is 20.4. The van der Waals surface area contributed by atoms with Gasteiger partial charge in [0.25, 0.3) is 0 Å². The Morgan fingerprint density at radius 2 is 1.21 bits per heavy atom. The first-order chi connectivity index (χ1) is 16.2. The van der Waals surface area contributed by atoms with E-state index in [-0.39, 0.29) is 5.82 Å². The van der Waals surface area contributed by atoms with Gasteiger partial charge in [-0.3, -0.25) is 0 Å². The van der Waals surface area contributed by atoms with E-state index in [2.05, 4.69) is 38.1 Å². The van der Waals surface area contributed by atoms with Gasteiger partial charge in [0, 0.05) is 5.56 Å². The fourth-order valence-electron chi connectivity index (χ4n) is 4.17. The van der Waals surface area contributed by atoms with Gasteiger partial charge in [-0.25, -0.2) is 4.39 Å². The van der Waals surface area contributed by atoms with Crippen molar-refractivity contribution in [3.63, 3.8) is 0 Å². The normalized spacial score (nSPS) is 11.0. The number of ether oxygens (including phenoxy) is 1. The first-order valence-corrected chi connectivity index (χ1v) is 12.8. The maximum absolute atomic E-state index is 15.0. The Hall–Kier alpha value is -2.61. The predicted octanol–water partition coefficient (Wildman–Crippen LogP) is 9.63. The maximum Gasteiger partial charge on any atom is 0.131 e. The van der Waals surface area contributed by atoms with Crippen LogP contribution >= 0.6 is 0 Å². The van der Waals surface area contributed by atoms with Crippen molar-refractivity contribution in [1.29, 1.82) is 0 Å². The fourth-order valence-corrected chi connectivity index (χ4v) is 4.17. The molecule has 0 radical (unpaired) electrons. The van der Waals surface area contributed by atoms with Crippen molar-refractivity contribution in [3.05, 3.63) is 78.1 Å². The van der Waals surface area contributed by atoms with Crippen molar-refractivity contribution in [3.8, 4) is 28.0 Å². The van der Waals surface area contributed by atoms with Gasteiger partial charge < -0.3 is 4.74 Å². The number of rotatable bonds is 14. The molecule has 176 valence electrons. The zero-order valence-corrected chi connectivity index (χ0v) is 20.4. The molecular formula is C31H39FO. The number of benzene rings is 3. The average Bonchev–Trinajstić information content (AvgIpc) is 2.84. The summed E-state index contributed by atoms with van der Waals surface area (Å²) in [7, 11) is 0. The summed E-state index contributed by atoms with van der Waals surface area (Å²) in [5.41, 5.74) is 4.81. The van der Waals surface area contributed by atoms with Gasteiger partial charge in [-0.15, -0.1) is 0 Å². The van der Waals surface area contributed by atoms with Crippen LogP contribution in [0, 0.1) is 5.82 Å². The van der Waals surface area contributed by atoms with Crippen molar-refractivity contribution >= 4 is 0 Å². The summed E-state index contributed by atoms with van der Waals surface area (Å²) in [5, 5.41) is 0. The van der Waals surface area contributed by atoms with Gasteiger partial charge in [-0.2, -0.15) is 0 Å². The molecule has 0 bridgehead atoms. The van der Waals surface area contributed by atoms with Gasteiger partial charge in [-0.1, -0.05) is 107 Å². The van der Waals surface area contributed by atoms with Crippen LogP contribution in [0.1, 0.15) is 77.2 Å². The number of aryl methyl sites for hydroxylation is 1. The Kier molecular flexibility index (Phi) is 10.5. The van der Waals surface area contributed by atoms with E-state index in [1.54, 1.807) is 6.07 Å². The van der Waals surface area contributed by atoms with Crippen LogP contribution in [-0.4, -0.2) is 6.61 Å². The highest BCUT2D eigenvalue weighted by Crippen LogP contribution is 2.29. The molecule has 0 unspecified atom stereocenters. The molecule has 0 amide bonds. The first kappa shape index (κ1) is 25.0.